The van der Waals surface area contributed by atoms with Crippen LogP contribution in [0.5, 0.6) is 0 Å². The lowest BCUT2D eigenvalue weighted by molar-refractivity contribution is -0.129. The fraction of sp³-hybridized carbons (Fsp3) is 0.533. The first-order valence-corrected chi connectivity index (χ1v) is 6.86. The second kappa shape index (κ2) is 8.34. The Labute approximate surface area is 131 Å². The molecule has 0 aliphatic carbocycles. The summed E-state index contributed by atoms with van der Waals surface area (Å²) in [5.41, 5.74) is 7.50. The van der Waals surface area contributed by atoms with E-state index in [1.54, 1.807) is 7.11 Å². The number of ether oxygens (including phenoxy) is 2. The highest BCUT2D eigenvalue weighted by Gasteiger charge is 2.35. The SMILES string of the molecule is COCc1ccc(CNC(=O)C2(N)CCOCC2)cc1.Cl. The summed E-state index contributed by atoms with van der Waals surface area (Å²) in [6.45, 7) is 2.19. The maximum atomic E-state index is 12.2. The molecule has 0 radical (unpaired) electrons. The van der Waals surface area contributed by atoms with Crippen molar-refractivity contribution in [3.8, 4) is 0 Å². The van der Waals surface area contributed by atoms with Crippen molar-refractivity contribution >= 4 is 18.3 Å². The Morgan fingerprint density at radius 2 is 1.86 bits per heavy atom. The van der Waals surface area contributed by atoms with E-state index in [4.69, 9.17) is 15.2 Å². The summed E-state index contributed by atoms with van der Waals surface area (Å²) in [4.78, 5) is 12.2. The second-order valence-corrected chi connectivity index (χ2v) is 5.20. The molecule has 1 aromatic carbocycles. The predicted octanol–water partition coefficient (Wildman–Crippen LogP) is 1.38. The third kappa shape index (κ3) is 4.97. The first kappa shape index (κ1) is 17.9. The van der Waals surface area contributed by atoms with Gasteiger partial charge in [0.2, 0.25) is 5.91 Å². The van der Waals surface area contributed by atoms with Crippen LogP contribution < -0.4 is 11.1 Å². The first-order valence-electron chi connectivity index (χ1n) is 6.86. The van der Waals surface area contributed by atoms with E-state index < -0.39 is 5.54 Å². The van der Waals surface area contributed by atoms with Crippen LogP contribution in [0.4, 0.5) is 0 Å². The number of benzene rings is 1. The van der Waals surface area contributed by atoms with Gasteiger partial charge in [0.15, 0.2) is 0 Å². The van der Waals surface area contributed by atoms with Gasteiger partial charge in [0.25, 0.3) is 0 Å². The number of halogens is 1. The molecule has 0 saturated carbocycles. The lowest BCUT2D eigenvalue weighted by atomic mass is 9.90. The van der Waals surface area contributed by atoms with Gasteiger partial charge in [-0.1, -0.05) is 24.3 Å². The van der Waals surface area contributed by atoms with E-state index in [1.807, 2.05) is 24.3 Å². The summed E-state index contributed by atoms with van der Waals surface area (Å²) in [6.07, 6.45) is 1.15. The van der Waals surface area contributed by atoms with Crippen molar-refractivity contribution < 1.29 is 14.3 Å². The zero-order valence-electron chi connectivity index (χ0n) is 12.3. The zero-order chi connectivity index (χ0) is 14.4. The molecule has 3 N–H and O–H groups in total. The second-order valence-electron chi connectivity index (χ2n) is 5.20. The minimum atomic E-state index is -0.783. The van der Waals surface area contributed by atoms with Crippen molar-refractivity contribution in [1.29, 1.82) is 0 Å². The van der Waals surface area contributed by atoms with Crippen LogP contribution in [-0.4, -0.2) is 31.8 Å². The predicted molar refractivity (Wildman–Crippen MR) is 83.2 cm³/mol. The van der Waals surface area contributed by atoms with E-state index in [-0.39, 0.29) is 18.3 Å². The van der Waals surface area contributed by atoms with Crippen LogP contribution in [0.2, 0.25) is 0 Å². The Morgan fingerprint density at radius 1 is 1.29 bits per heavy atom. The maximum Gasteiger partial charge on any atom is 0.240 e. The van der Waals surface area contributed by atoms with Crippen LogP contribution in [0, 0.1) is 0 Å². The van der Waals surface area contributed by atoms with Gasteiger partial charge < -0.3 is 20.5 Å². The molecule has 21 heavy (non-hydrogen) atoms. The lowest BCUT2D eigenvalue weighted by Crippen LogP contribution is -2.56. The van der Waals surface area contributed by atoms with Gasteiger partial charge in [-0.2, -0.15) is 0 Å². The molecule has 118 valence electrons. The van der Waals surface area contributed by atoms with E-state index in [2.05, 4.69) is 5.32 Å². The van der Waals surface area contributed by atoms with Gasteiger partial charge in [0.1, 0.15) is 0 Å². The van der Waals surface area contributed by atoms with Crippen LogP contribution in [0.3, 0.4) is 0 Å². The summed E-state index contributed by atoms with van der Waals surface area (Å²) in [5.74, 6) is -0.0956. The molecule has 1 heterocycles. The zero-order valence-corrected chi connectivity index (χ0v) is 13.1. The molecule has 0 aromatic heterocycles. The maximum absolute atomic E-state index is 12.2. The lowest BCUT2D eigenvalue weighted by Gasteiger charge is -2.31. The van der Waals surface area contributed by atoms with Crippen LogP contribution in [0.1, 0.15) is 24.0 Å². The quantitative estimate of drug-likeness (QED) is 0.861. The monoisotopic (exact) mass is 314 g/mol. The van der Waals surface area contributed by atoms with Crippen LogP contribution >= 0.6 is 12.4 Å². The van der Waals surface area contributed by atoms with E-state index >= 15 is 0 Å². The molecule has 1 aromatic rings. The molecule has 1 amide bonds. The number of amides is 1. The normalized spacial score (nSPS) is 16.9. The van der Waals surface area contributed by atoms with Gasteiger partial charge in [-0.3, -0.25) is 4.79 Å². The van der Waals surface area contributed by atoms with Crippen LogP contribution in [-0.2, 0) is 27.4 Å². The molecule has 1 aliphatic heterocycles. The smallest absolute Gasteiger partial charge is 0.240 e. The molecule has 6 heteroatoms. The molecule has 1 fully saturated rings. The number of nitrogens with one attached hydrogen (secondary N) is 1. The molecule has 0 atom stereocenters. The highest BCUT2D eigenvalue weighted by Crippen LogP contribution is 2.18. The van der Waals surface area contributed by atoms with Gasteiger partial charge in [-0.05, 0) is 24.0 Å². The van der Waals surface area contributed by atoms with Crippen molar-refractivity contribution in [2.24, 2.45) is 5.73 Å². The average Bonchev–Trinajstić information content (AvgIpc) is 2.47. The Bertz CT molecular complexity index is 445. The molecular weight excluding hydrogens is 292 g/mol. The Balaban J connectivity index is 0.00000220. The largest absolute Gasteiger partial charge is 0.381 e. The topological polar surface area (TPSA) is 73.6 Å². The molecule has 0 bridgehead atoms. The van der Waals surface area contributed by atoms with Gasteiger partial charge in [-0.15, -0.1) is 12.4 Å². The standard InChI is InChI=1S/C15H22N2O3.ClH/c1-19-11-13-4-2-12(3-5-13)10-17-14(18)15(16)6-8-20-9-7-15;/h2-5H,6-11,16H2,1H3,(H,17,18);1H. The van der Waals surface area contributed by atoms with E-state index in [0.29, 0.717) is 39.2 Å². The average molecular weight is 315 g/mol. The number of rotatable bonds is 5. The van der Waals surface area contributed by atoms with Crippen LogP contribution in [0.15, 0.2) is 24.3 Å². The third-order valence-electron chi connectivity index (χ3n) is 3.62. The van der Waals surface area contributed by atoms with Gasteiger partial charge in [0, 0.05) is 26.9 Å². The van der Waals surface area contributed by atoms with E-state index in [1.165, 1.54) is 0 Å². The molecule has 1 saturated heterocycles. The molecular formula is C15H23ClN2O3. The van der Waals surface area contributed by atoms with Crippen molar-refractivity contribution in [3.63, 3.8) is 0 Å². The highest BCUT2D eigenvalue weighted by atomic mass is 35.5. The van der Waals surface area contributed by atoms with Crippen molar-refractivity contribution in [1.82, 2.24) is 5.32 Å². The van der Waals surface area contributed by atoms with Gasteiger partial charge >= 0.3 is 0 Å². The number of hydrogen-bond acceptors (Lipinski definition) is 4. The summed E-state index contributed by atoms with van der Waals surface area (Å²) in [6, 6.07) is 7.97. The Hall–Kier alpha value is -1.14. The van der Waals surface area contributed by atoms with Crippen molar-refractivity contribution in [3.05, 3.63) is 35.4 Å². The molecule has 2 rings (SSSR count). The number of carbonyl (C=O) groups excluding carboxylic acids is 1. The Morgan fingerprint density at radius 3 is 2.43 bits per heavy atom. The van der Waals surface area contributed by atoms with E-state index in [9.17, 15) is 4.79 Å². The summed E-state index contributed by atoms with van der Waals surface area (Å²) >= 11 is 0. The molecule has 1 aliphatic rings. The Kier molecular flexibility index (Phi) is 7.11. The fourth-order valence-electron chi connectivity index (χ4n) is 2.24. The van der Waals surface area contributed by atoms with Crippen LogP contribution in [0.25, 0.3) is 0 Å². The first-order chi connectivity index (χ1) is 9.64. The van der Waals surface area contributed by atoms with Gasteiger partial charge in [0.05, 0.1) is 12.1 Å². The third-order valence-corrected chi connectivity index (χ3v) is 3.62. The molecule has 0 unspecified atom stereocenters. The summed E-state index contributed by atoms with van der Waals surface area (Å²) in [7, 11) is 1.67. The summed E-state index contributed by atoms with van der Waals surface area (Å²) in [5, 5.41) is 2.91. The number of nitrogens with two attached hydrogens (primary N) is 1. The van der Waals surface area contributed by atoms with Crippen molar-refractivity contribution in [2.45, 2.75) is 31.5 Å². The molecule has 5 nitrogen and oxygen atoms in total. The number of methoxy groups -OCH3 is 1. The minimum Gasteiger partial charge on any atom is -0.381 e. The summed E-state index contributed by atoms with van der Waals surface area (Å²) < 4.78 is 10.3. The molecule has 0 spiro atoms. The van der Waals surface area contributed by atoms with Crippen molar-refractivity contribution in [2.75, 3.05) is 20.3 Å². The highest BCUT2D eigenvalue weighted by molar-refractivity contribution is 5.86. The minimum absolute atomic E-state index is 0. The van der Waals surface area contributed by atoms with Gasteiger partial charge in [-0.25, -0.2) is 0 Å². The number of carbonyl (C=O) groups is 1. The van der Waals surface area contributed by atoms with E-state index in [0.717, 1.165) is 11.1 Å². The number of hydrogen-bond donors (Lipinski definition) is 2. The fourth-order valence-corrected chi connectivity index (χ4v) is 2.24.